The van der Waals surface area contributed by atoms with Crippen LogP contribution in [0.1, 0.15) is 36.3 Å². The minimum absolute atomic E-state index is 0.0849. The van der Waals surface area contributed by atoms with Crippen LogP contribution in [0, 0.1) is 5.92 Å². The van der Waals surface area contributed by atoms with E-state index in [0.29, 0.717) is 16.5 Å². The molecule has 0 unspecified atom stereocenters. The first-order valence-corrected chi connectivity index (χ1v) is 8.97. The van der Waals surface area contributed by atoms with Gasteiger partial charge >= 0.3 is 5.97 Å². The van der Waals surface area contributed by atoms with Gasteiger partial charge in [0.1, 0.15) is 11.7 Å². The molecule has 3 nitrogen and oxygen atoms in total. The van der Waals surface area contributed by atoms with Crippen molar-refractivity contribution >= 4 is 35.0 Å². The van der Waals surface area contributed by atoms with Crippen LogP contribution in [0.2, 0.25) is 10.0 Å². The molecule has 2 aromatic carbocycles. The fraction of sp³-hybridized carbons (Fsp3) is 0.300. The molecule has 3 atom stereocenters. The van der Waals surface area contributed by atoms with E-state index in [1.54, 1.807) is 31.2 Å². The van der Waals surface area contributed by atoms with Crippen LogP contribution in [-0.4, -0.2) is 18.4 Å². The molecule has 0 N–H and O–H groups in total. The number of rotatable bonds is 4. The van der Waals surface area contributed by atoms with E-state index in [0.717, 1.165) is 11.1 Å². The number of benzene rings is 2. The topological polar surface area (TPSA) is 43.4 Å². The summed E-state index contributed by atoms with van der Waals surface area (Å²) >= 11 is 12.0. The van der Waals surface area contributed by atoms with Crippen molar-refractivity contribution in [3.05, 3.63) is 69.7 Å². The molecule has 25 heavy (non-hydrogen) atoms. The second-order valence-corrected chi connectivity index (χ2v) is 7.01. The summed E-state index contributed by atoms with van der Waals surface area (Å²) in [6.07, 6.45) is 0.304. The van der Waals surface area contributed by atoms with Gasteiger partial charge in [-0.05, 0) is 48.2 Å². The molecule has 0 spiro atoms. The highest BCUT2D eigenvalue weighted by molar-refractivity contribution is 6.30. The van der Waals surface area contributed by atoms with Crippen molar-refractivity contribution in [1.82, 2.24) is 0 Å². The first-order valence-electron chi connectivity index (χ1n) is 8.21. The number of carbonyl (C=O) groups excluding carboxylic acids is 2. The molecule has 0 bridgehead atoms. The summed E-state index contributed by atoms with van der Waals surface area (Å²) in [5, 5.41) is 1.25. The van der Waals surface area contributed by atoms with E-state index in [-0.39, 0.29) is 24.2 Å². The van der Waals surface area contributed by atoms with Crippen molar-refractivity contribution in [2.24, 2.45) is 5.92 Å². The summed E-state index contributed by atoms with van der Waals surface area (Å²) in [7, 11) is 0. The summed E-state index contributed by atoms with van der Waals surface area (Å²) in [5.41, 5.74) is 1.90. The number of ketones is 1. The highest BCUT2D eigenvalue weighted by Gasteiger charge is 2.48. The molecule has 1 aliphatic carbocycles. The number of halogens is 2. The van der Waals surface area contributed by atoms with Crippen LogP contribution in [0.15, 0.2) is 48.5 Å². The molecule has 0 saturated heterocycles. The van der Waals surface area contributed by atoms with Gasteiger partial charge in [0.15, 0.2) is 0 Å². The Hall–Kier alpha value is -1.84. The van der Waals surface area contributed by atoms with Crippen molar-refractivity contribution < 1.29 is 14.3 Å². The Morgan fingerprint density at radius 3 is 2.04 bits per heavy atom. The number of hydrogen-bond acceptors (Lipinski definition) is 3. The molecule has 1 aliphatic rings. The van der Waals surface area contributed by atoms with Gasteiger partial charge in [0.2, 0.25) is 0 Å². The predicted molar refractivity (Wildman–Crippen MR) is 98.1 cm³/mol. The van der Waals surface area contributed by atoms with Gasteiger partial charge in [0.25, 0.3) is 0 Å². The van der Waals surface area contributed by atoms with Gasteiger partial charge in [0.05, 0.1) is 6.61 Å². The number of esters is 1. The van der Waals surface area contributed by atoms with Crippen LogP contribution in [0.4, 0.5) is 0 Å². The Morgan fingerprint density at radius 1 is 1.00 bits per heavy atom. The quantitative estimate of drug-likeness (QED) is 0.556. The molecule has 0 aliphatic heterocycles. The van der Waals surface area contributed by atoms with E-state index in [4.69, 9.17) is 27.9 Å². The monoisotopic (exact) mass is 376 g/mol. The normalized spacial score (nSPS) is 22.8. The summed E-state index contributed by atoms with van der Waals surface area (Å²) < 4.78 is 5.17. The number of hydrogen-bond donors (Lipinski definition) is 0. The van der Waals surface area contributed by atoms with Gasteiger partial charge in [-0.1, -0.05) is 47.5 Å². The van der Waals surface area contributed by atoms with Crippen LogP contribution in [0.5, 0.6) is 0 Å². The highest BCUT2D eigenvalue weighted by atomic mass is 35.5. The van der Waals surface area contributed by atoms with E-state index in [9.17, 15) is 9.59 Å². The van der Waals surface area contributed by atoms with E-state index in [1.165, 1.54) is 0 Å². The second kappa shape index (κ2) is 7.59. The van der Waals surface area contributed by atoms with Crippen LogP contribution >= 0.6 is 23.2 Å². The molecule has 0 amide bonds. The molecule has 3 rings (SSSR count). The minimum atomic E-state index is -0.790. The minimum Gasteiger partial charge on any atom is -0.465 e. The Morgan fingerprint density at radius 2 is 1.52 bits per heavy atom. The van der Waals surface area contributed by atoms with Crippen molar-refractivity contribution in [1.29, 1.82) is 0 Å². The summed E-state index contributed by atoms with van der Waals surface area (Å²) in [5.74, 6) is -1.70. The van der Waals surface area contributed by atoms with Crippen LogP contribution in [0.25, 0.3) is 0 Å². The lowest BCUT2D eigenvalue weighted by molar-refractivity contribution is -0.151. The van der Waals surface area contributed by atoms with E-state index < -0.39 is 11.9 Å². The largest absolute Gasteiger partial charge is 0.465 e. The van der Waals surface area contributed by atoms with Gasteiger partial charge in [-0.2, -0.15) is 0 Å². The SMILES string of the molecule is CCOC(=O)[C@@H]1C(=O)C[C@@H](c2ccc(Cl)cc2)[C@H]1c1ccc(Cl)cc1. The Kier molecular flexibility index (Phi) is 5.45. The van der Waals surface area contributed by atoms with E-state index >= 15 is 0 Å². The summed E-state index contributed by atoms with van der Waals surface area (Å²) in [6, 6.07) is 14.7. The average molecular weight is 377 g/mol. The standard InChI is InChI=1S/C20H18Cl2O3/c1-2-25-20(24)19-17(23)11-16(12-3-7-14(21)8-4-12)18(19)13-5-9-15(22)10-6-13/h3-10,16,18-19H,2,11H2,1H3/t16-,18+,19+/m0/s1. The van der Waals surface area contributed by atoms with Crippen molar-refractivity contribution in [2.45, 2.75) is 25.2 Å². The van der Waals surface area contributed by atoms with Gasteiger partial charge in [0, 0.05) is 22.4 Å². The second-order valence-electron chi connectivity index (χ2n) is 6.14. The molecule has 5 heteroatoms. The first-order chi connectivity index (χ1) is 12.0. The number of ether oxygens (including phenoxy) is 1. The van der Waals surface area contributed by atoms with E-state index in [1.807, 2.05) is 24.3 Å². The van der Waals surface area contributed by atoms with Crippen molar-refractivity contribution in [3.8, 4) is 0 Å². The Balaban J connectivity index is 2.04. The smallest absolute Gasteiger partial charge is 0.317 e. The van der Waals surface area contributed by atoms with Crippen LogP contribution in [-0.2, 0) is 14.3 Å². The number of carbonyl (C=O) groups is 2. The lowest BCUT2D eigenvalue weighted by Gasteiger charge is -2.24. The van der Waals surface area contributed by atoms with Gasteiger partial charge < -0.3 is 4.74 Å². The lowest BCUT2D eigenvalue weighted by Crippen LogP contribution is -2.27. The fourth-order valence-corrected chi connectivity index (χ4v) is 3.81. The van der Waals surface area contributed by atoms with E-state index in [2.05, 4.69) is 0 Å². The Bertz CT molecular complexity index is 769. The summed E-state index contributed by atoms with van der Waals surface area (Å²) in [4.78, 5) is 25.1. The molecule has 130 valence electrons. The Labute approximate surface area is 156 Å². The zero-order valence-corrected chi connectivity index (χ0v) is 15.3. The van der Waals surface area contributed by atoms with Crippen molar-refractivity contribution in [3.63, 3.8) is 0 Å². The molecule has 2 aromatic rings. The summed E-state index contributed by atoms with van der Waals surface area (Å²) in [6.45, 7) is 1.99. The molecule has 0 heterocycles. The van der Waals surface area contributed by atoms with Gasteiger partial charge in [-0.25, -0.2) is 0 Å². The zero-order valence-electron chi connectivity index (χ0n) is 13.7. The van der Waals surface area contributed by atoms with Crippen LogP contribution < -0.4 is 0 Å². The maximum absolute atomic E-state index is 12.6. The average Bonchev–Trinajstić information content (AvgIpc) is 2.94. The molecular formula is C20H18Cl2O3. The third kappa shape index (κ3) is 3.73. The zero-order chi connectivity index (χ0) is 18.0. The highest BCUT2D eigenvalue weighted by Crippen LogP contribution is 2.48. The predicted octanol–water partition coefficient (Wildman–Crippen LogP) is 5.01. The maximum atomic E-state index is 12.6. The van der Waals surface area contributed by atoms with Crippen molar-refractivity contribution in [2.75, 3.05) is 6.61 Å². The molecule has 1 fully saturated rings. The maximum Gasteiger partial charge on any atom is 0.317 e. The fourth-order valence-electron chi connectivity index (χ4n) is 3.56. The lowest BCUT2D eigenvalue weighted by atomic mass is 9.80. The molecule has 0 aromatic heterocycles. The van der Waals surface area contributed by atoms with Crippen LogP contribution in [0.3, 0.4) is 0 Å². The molecular weight excluding hydrogens is 359 g/mol. The first kappa shape index (κ1) is 18.0. The third-order valence-electron chi connectivity index (χ3n) is 4.65. The molecule has 0 radical (unpaired) electrons. The molecule has 1 saturated carbocycles. The van der Waals surface area contributed by atoms with Gasteiger partial charge in [-0.3, -0.25) is 9.59 Å². The number of Topliss-reactive ketones (excluding diaryl/α,β-unsaturated/α-hetero) is 1. The third-order valence-corrected chi connectivity index (χ3v) is 5.16. The van der Waals surface area contributed by atoms with Gasteiger partial charge in [-0.15, -0.1) is 0 Å².